The van der Waals surface area contributed by atoms with Crippen LogP contribution in [-0.4, -0.2) is 28.8 Å². The Morgan fingerprint density at radius 1 is 1.47 bits per heavy atom. The highest BCUT2D eigenvalue weighted by Gasteiger charge is 2.10. The van der Waals surface area contributed by atoms with Crippen molar-refractivity contribution in [3.05, 3.63) is 35.9 Å². The van der Waals surface area contributed by atoms with E-state index in [1.54, 1.807) is 12.3 Å². The van der Waals surface area contributed by atoms with E-state index < -0.39 is 0 Å². The topological polar surface area (TPSA) is 58.1 Å². The number of hydrogen-bond acceptors (Lipinski definition) is 3. The van der Waals surface area contributed by atoms with Gasteiger partial charge in [-0.2, -0.15) is 0 Å². The smallest absolute Gasteiger partial charge is 0.141 e. The summed E-state index contributed by atoms with van der Waals surface area (Å²) in [4.78, 5) is 7.16. The predicted molar refractivity (Wildman–Crippen MR) is 61.3 cm³/mol. The minimum atomic E-state index is -0.346. The minimum Gasteiger partial charge on any atom is -0.496 e. The Morgan fingerprint density at radius 3 is 3.00 bits per heavy atom. The number of rotatable bonds is 4. The summed E-state index contributed by atoms with van der Waals surface area (Å²) in [6.07, 6.45) is 2.11. The van der Waals surface area contributed by atoms with Gasteiger partial charge in [0.25, 0.3) is 0 Å². The van der Waals surface area contributed by atoms with E-state index in [1.165, 1.54) is 19.2 Å². The van der Waals surface area contributed by atoms with Gasteiger partial charge in [0.05, 0.1) is 12.7 Å². The second kappa shape index (κ2) is 4.97. The number of imidazole rings is 1. The van der Waals surface area contributed by atoms with Crippen molar-refractivity contribution in [3.8, 4) is 17.1 Å². The largest absolute Gasteiger partial charge is 0.496 e. The van der Waals surface area contributed by atoms with Crippen LogP contribution in [0, 0.1) is 5.82 Å². The second-order valence-corrected chi connectivity index (χ2v) is 3.58. The van der Waals surface area contributed by atoms with Crippen LogP contribution in [0.4, 0.5) is 4.39 Å². The number of nitrogens with one attached hydrogen (secondary N) is 1. The number of aromatic amines is 1. The highest BCUT2D eigenvalue weighted by Crippen LogP contribution is 2.28. The molecular weight excluding hydrogens is 223 g/mol. The van der Waals surface area contributed by atoms with Crippen LogP contribution < -0.4 is 4.74 Å². The molecule has 4 nitrogen and oxygen atoms in total. The van der Waals surface area contributed by atoms with Gasteiger partial charge in [0.2, 0.25) is 0 Å². The summed E-state index contributed by atoms with van der Waals surface area (Å²) < 4.78 is 18.3. The quantitative estimate of drug-likeness (QED) is 0.850. The number of aromatic nitrogens is 2. The molecule has 0 fully saturated rings. The molecule has 0 aliphatic carbocycles. The van der Waals surface area contributed by atoms with E-state index in [2.05, 4.69) is 9.97 Å². The van der Waals surface area contributed by atoms with Crippen LogP contribution in [-0.2, 0) is 6.42 Å². The third-order valence-corrected chi connectivity index (χ3v) is 2.43. The van der Waals surface area contributed by atoms with Crippen molar-refractivity contribution in [1.82, 2.24) is 9.97 Å². The van der Waals surface area contributed by atoms with Crippen LogP contribution in [0.15, 0.2) is 24.4 Å². The number of nitrogens with zero attached hydrogens (tertiary/aromatic N) is 1. The fourth-order valence-corrected chi connectivity index (χ4v) is 1.61. The number of hydrogen-bond donors (Lipinski definition) is 2. The molecule has 1 heterocycles. The van der Waals surface area contributed by atoms with Crippen LogP contribution >= 0.6 is 0 Å². The fraction of sp³-hybridized carbons (Fsp3) is 0.250. The van der Waals surface area contributed by atoms with E-state index in [1.807, 2.05) is 0 Å². The molecule has 0 aliphatic heterocycles. The Kier molecular flexibility index (Phi) is 3.39. The van der Waals surface area contributed by atoms with E-state index in [4.69, 9.17) is 9.84 Å². The molecule has 90 valence electrons. The number of aliphatic hydroxyl groups excluding tert-OH is 1. The summed E-state index contributed by atoms with van der Waals surface area (Å²) >= 11 is 0. The zero-order chi connectivity index (χ0) is 12.3. The van der Waals surface area contributed by atoms with Crippen LogP contribution in [0.1, 0.15) is 5.69 Å². The first-order chi connectivity index (χ1) is 8.24. The van der Waals surface area contributed by atoms with Crippen molar-refractivity contribution in [3.63, 3.8) is 0 Å². The van der Waals surface area contributed by atoms with Crippen LogP contribution in [0.5, 0.6) is 5.75 Å². The lowest BCUT2D eigenvalue weighted by Crippen LogP contribution is -1.92. The first-order valence-electron chi connectivity index (χ1n) is 5.23. The first-order valence-corrected chi connectivity index (χ1v) is 5.23. The number of halogens is 1. The number of aliphatic hydroxyl groups is 1. The van der Waals surface area contributed by atoms with Gasteiger partial charge in [-0.3, -0.25) is 0 Å². The number of methoxy groups -OCH3 is 1. The molecule has 0 amide bonds. The molecule has 2 rings (SSSR count). The van der Waals surface area contributed by atoms with Gasteiger partial charge in [0.1, 0.15) is 17.4 Å². The summed E-state index contributed by atoms with van der Waals surface area (Å²) in [7, 11) is 1.52. The van der Waals surface area contributed by atoms with Crippen LogP contribution in [0.2, 0.25) is 0 Å². The van der Waals surface area contributed by atoms with Gasteiger partial charge in [0.15, 0.2) is 0 Å². The lowest BCUT2D eigenvalue weighted by atomic mass is 10.2. The zero-order valence-electron chi connectivity index (χ0n) is 9.40. The average Bonchev–Trinajstić information content (AvgIpc) is 2.78. The Balaban J connectivity index is 2.40. The van der Waals surface area contributed by atoms with Gasteiger partial charge in [-0.15, -0.1) is 0 Å². The SMILES string of the molecule is COc1ccc(F)cc1-c1ncc(CCO)[nH]1. The maximum atomic E-state index is 13.2. The predicted octanol–water partition coefficient (Wildman–Crippen LogP) is 1.76. The molecule has 1 aromatic heterocycles. The Hall–Kier alpha value is -1.88. The van der Waals surface area contributed by atoms with Crippen molar-refractivity contribution >= 4 is 0 Å². The molecule has 5 heteroatoms. The molecule has 0 saturated heterocycles. The van der Waals surface area contributed by atoms with Gasteiger partial charge in [-0.25, -0.2) is 9.37 Å². The summed E-state index contributed by atoms with van der Waals surface area (Å²) in [5.41, 5.74) is 1.37. The molecule has 2 N–H and O–H groups in total. The maximum Gasteiger partial charge on any atom is 0.141 e. The summed E-state index contributed by atoms with van der Waals surface area (Å²) in [6, 6.07) is 4.25. The Labute approximate surface area is 98.1 Å². The standard InChI is InChI=1S/C12H13FN2O2/c1-17-11-3-2-8(13)6-10(11)12-14-7-9(15-12)4-5-16/h2-3,6-7,16H,4-5H2,1H3,(H,14,15). The van der Waals surface area contributed by atoms with Crippen molar-refractivity contribution in [2.45, 2.75) is 6.42 Å². The van der Waals surface area contributed by atoms with Crippen molar-refractivity contribution in [2.24, 2.45) is 0 Å². The summed E-state index contributed by atoms with van der Waals surface area (Å²) in [5, 5.41) is 8.81. The third kappa shape index (κ3) is 2.45. The zero-order valence-corrected chi connectivity index (χ0v) is 9.40. The average molecular weight is 236 g/mol. The molecule has 0 unspecified atom stereocenters. The lowest BCUT2D eigenvalue weighted by molar-refractivity contribution is 0.298. The molecule has 2 aromatic rings. The molecule has 0 bridgehead atoms. The highest BCUT2D eigenvalue weighted by atomic mass is 19.1. The normalized spacial score (nSPS) is 10.5. The molecule has 17 heavy (non-hydrogen) atoms. The molecule has 0 atom stereocenters. The number of H-pyrrole nitrogens is 1. The van der Waals surface area contributed by atoms with E-state index in [-0.39, 0.29) is 12.4 Å². The Morgan fingerprint density at radius 2 is 2.29 bits per heavy atom. The maximum absolute atomic E-state index is 13.2. The highest BCUT2D eigenvalue weighted by molar-refractivity contribution is 5.64. The second-order valence-electron chi connectivity index (χ2n) is 3.58. The number of benzene rings is 1. The fourth-order valence-electron chi connectivity index (χ4n) is 1.61. The van der Waals surface area contributed by atoms with Gasteiger partial charge >= 0.3 is 0 Å². The van der Waals surface area contributed by atoms with Crippen molar-refractivity contribution in [2.75, 3.05) is 13.7 Å². The van der Waals surface area contributed by atoms with E-state index >= 15 is 0 Å². The monoisotopic (exact) mass is 236 g/mol. The molecule has 0 radical (unpaired) electrons. The van der Waals surface area contributed by atoms with E-state index in [9.17, 15) is 4.39 Å². The lowest BCUT2D eigenvalue weighted by Gasteiger charge is -2.05. The van der Waals surface area contributed by atoms with Crippen LogP contribution in [0.25, 0.3) is 11.4 Å². The summed E-state index contributed by atoms with van der Waals surface area (Å²) in [6.45, 7) is 0.0436. The molecule has 0 saturated carbocycles. The Bertz CT molecular complexity index is 511. The summed E-state index contributed by atoms with van der Waals surface area (Å²) in [5.74, 6) is 0.738. The van der Waals surface area contributed by atoms with Crippen LogP contribution in [0.3, 0.4) is 0 Å². The number of ether oxygens (including phenoxy) is 1. The van der Waals surface area contributed by atoms with Crippen molar-refractivity contribution in [1.29, 1.82) is 0 Å². The molecule has 0 aliphatic rings. The van der Waals surface area contributed by atoms with E-state index in [0.29, 0.717) is 23.6 Å². The first kappa shape index (κ1) is 11.6. The van der Waals surface area contributed by atoms with Gasteiger partial charge in [-0.1, -0.05) is 0 Å². The molecular formula is C12H13FN2O2. The molecule has 1 aromatic carbocycles. The van der Waals surface area contributed by atoms with Crippen molar-refractivity contribution < 1.29 is 14.2 Å². The molecule has 0 spiro atoms. The van der Waals surface area contributed by atoms with E-state index in [0.717, 1.165) is 5.69 Å². The van der Waals surface area contributed by atoms with Gasteiger partial charge in [0, 0.05) is 24.9 Å². The minimum absolute atomic E-state index is 0.0436. The third-order valence-electron chi connectivity index (χ3n) is 2.43. The van der Waals surface area contributed by atoms with Gasteiger partial charge < -0.3 is 14.8 Å². The van der Waals surface area contributed by atoms with Gasteiger partial charge in [-0.05, 0) is 18.2 Å².